The maximum Gasteiger partial charge on any atom is 0.322 e. The molecule has 1 saturated carbocycles. The van der Waals surface area contributed by atoms with Crippen LogP contribution in [0.25, 0.3) is 0 Å². The Morgan fingerprint density at radius 3 is 2.44 bits per heavy atom. The van der Waals surface area contributed by atoms with Crippen LogP contribution in [0.2, 0.25) is 0 Å². The van der Waals surface area contributed by atoms with Crippen molar-refractivity contribution in [2.75, 3.05) is 5.75 Å². The van der Waals surface area contributed by atoms with Gasteiger partial charge in [0.05, 0.1) is 5.75 Å². The fourth-order valence-electron chi connectivity index (χ4n) is 1.48. The Morgan fingerprint density at radius 2 is 2.06 bits per heavy atom. The van der Waals surface area contributed by atoms with E-state index in [-0.39, 0.29) is 17.6 Å². The van der Waals surface area contributed by atoms with Gasteiger partial charge in [-0.1, -0.05) is 20.3 Å². The number of carbonyl (C=O) groups is 1. The van der Waals surface area contributed by atoms with Gasteiger partial charge in [0.25, 0.3) is 0 Å². The highest BCUT2D eigenvalue weighted by Crippen LogP contribution is 2.30. The van der Waals surface area contributed by atoms with Crippen LogP contribution in [-0.4, -0.2) is 31.3 Å². The van der Waals surface area contributed by atoms with E-state index in [0.717, 1.165) is 12.8 Å². The summed E-state index contributed by atoms with van der Waals surface area (Å²) in [4.78, 5) is 11.0. The van der Waals surface area contributed by atoms with E-state index < -0.39 is 22.0 Å². The summed E-state index contributed by atoms with van der Waals surface area (Å²) >= 11 is 0. The van der Waals surface area contributed by atoms with Crippen molar-refractivity contribution in [2.45, 2.75) is 39.2 Å². The summed E-state index contributed by atoms with van der Waals surface area (Å²) in [5, 5.41) is 8.96. The zero-order valence-corrected chi connectivity index (χ0v) is 10.5. The third-order valence-corrected chi connectivity index (χ3v) is 4.46. The third kappa shape index (κ3) is 4.09. The highest BCUT2D eigenvalue weighted by atomic mass is 32.2. The molecular formula is C10H19NO4S. The van der Waals surface area contributed by atoms with Crippen LogP contribution in [0.3, 0.4) is 0 Å². The Morgan fingerprint density at radius 1 is 1.50 bits per heavy atom. The number of nitrogens with one attached hydrogen (secondary N) is 1. The average molecular weight is 249 g/mol. The lowest BCUT2D eigenvalue weighted by Gasteiger charge is -2.19. The second kappa shape index (κ2) is 5.14. The van der Waals surface area contributed by atoms with Gasteiger partial charge in [0.15, 0.2) is 0 Å². The first-order valence-corrected chi connectivity index (χ1v) is 7.23. The van der Waals surface area contributed by atoms with Gasteiger partial charge in [-0.15, -0.1) is 0 Å². The lowest BCUT2D eigenvalue weighted by Crippen LogP contribution is -2.45. The first-order chi connectivity index (χ1) is 7.35. The maximum atomic E-state index is 11.6. The Labute approximate surface area is 96.3 Å². The van der Waals surface area contributed by atoms with E-state index in [9.17, 15) is 13.2 Å². The molecule has 2 N–H and O–H groups in total. The molecule has 0 heterocycles. The summed E-state index contributed by atoms with van der Waals surface area (Å²) in [6.45, 7) is 3.58. The largest absolute Gasteiger partial charge is 0.480 e. The van der Waals surface area contributed by atoms with Gasteiger partial charge in [-0.2, -0.15) is 0 Å². The fourth-order valence-corrected chi connectivity index (χ4v) is 3.25. The second-order valence-corrected chi connectivity index (χ2v) is 6.34. The molecule has 16 heavy (non-hydrogen) atoms. The van der Waals surface area contributed by atoms with Gasteiger partial charge >= 0.3 is 5.97 Å². The standard InChI is InChI=1S/C10H19NO4S/c1-3-7(2)9(10(12)13)11-16(14,15)6-8-4-5-8/h7-9,11H,3-6H2,1-2H3,(H,12,13)/t7?,9-/m0/s1. The van der Waals surface area contributed by atoms with E-state index in [1.807, 2.05) is 6.92 Å². The summed E-state index contributed by atoms with van der Waals surface area (Å²) in [6.07, 6.45) is 2.49. The van der Waals surface area contributed by atoms with E-state index in [2.05, 4.69) is 4.72 Å². The van der Waals surface area contributed by atoms with Gasteiger partial charge in [-0.3, -0.25) is 4.79 Å². The van der Waals surface area contributed by atoms with Crippen LogP contribution in [-0.2, 0) is 14.8 Å². The topological polar surface area (TPSA) is 83.5 Å². The summed E-state index contributed by atoms with van der Waals surface area (Å²) in [6, 6.07) is -1.01. The molecule has 0 aromatic carbocycles. The van der Waals surface area contributed by atoms with Crippen molar-refractivity contribution in [3.63, 3.8) is 0 Å². The van der Waals surface area contributed by atoms with Gasteiger partial charge in [0, 0.05) is 0 Å². The SMILES string of the molecule is CCC(C)[C@H](NS(=O)(=O)CC1CC1)C(=O)O. The van der Waals surface area contributed by atoms with Crippen molar-refractivity contribution in [2.24, 2.45) is 11.8 Å². The van der Waals surface area contributed by atoms with Crippen molar-refractivity contribution in [1.29, 1.82) is 0 Å². The van der Waals surface area contributed by atoms with Crippen molar-refractivity contribution >= 4 is 16.0 Å². The van der Waals surface area contributed by atoms with Crippen LogP contribution in [0.1, 0.15) is 33.1 Å². The minimum atomic E-state index is -3.45. The van der Waals surface area contributed by atoms with Crippen LogP contribution < -0.4 is 4.72 Å². The van der Waals surface area contributed by atoms with E-state index in [1.54, 1.807) is 6.92 Å². The van der Waals surface area contributed by atoms with Gasteiger partial charge in [0.1, 0.15) is 6.04 Å². The van der Waals surface area contributed by atoms with Crippen molar-refractivity contribution in [1.82, 2.24) is 4.72 Å². The van der Waals surface area contributed by atoms with Gasteiger partial charge in [0.2, 0.25) is 10.0 Å². The quantitative estimate of drug-likeness (QED) is 0.699. The summed E-state index contributed by atoms with van der Waals surface area (Å²) < 4.78 is 25.6. The Bertz CT molecular complexity index is 348. The number of carboxylic acid groups (broad SMARTS) is 1. The molecule has 1 aliphatic carbocycles. The monoisotopic (exact) mass is 249 g/mol. The van der Waals surface area contributed by atoms with E-state index in [4.69, 9.17) is 5.11 Å². The molecule has 0 aromatic rings. The molecule has 6 heteroatoms. The van der Waals surface area contributed by atoms with E-state index in [1.165, 1.54) is 0 Å². The molecule has 0 radical (unpaired) electrons. The van der Waals surface area contributed by atoms with Gasteiger partial charge < -0.3 is 5.11 Å². The molecule has 1 rings (SSSR count). The van der Waals surface area contributed by atoms with Crippen LogP contribution in [0.4, 0.5) is 0 Å². The van der Waals surface area contributed by atoms with Crippen LogP contribution in [0.5, 0.6) is 0 Å². The zero-order chi connectivity index (χ0) is 12.3. The zero-order valence-electron chi connectivity index (χ0n) is 9.64. The van der Waals surface area contributed by atoms with Crippen molar-refractivity contribution in [3.8, 4) is 0 Å². The average Bonchev–Trinajstić information content (AvgIpc) is 2.95. The number of hydrogen-bond donors (Lipinski definition) is 2. The molecule has 94 valence electrons. The normalized spacial score (nSPS) is 20.4. The number of sulfonamides is 1. The molecule has 0 spiro atoms. The number of aliphatic carboxylic acids is 1. The minimum Gasteiger partial charge on any atom is -0.480 e. The molecule has 0 bridgehead atoms. The lowest BCUT2D eigenvalue weighted by atomic mass is 10.0. The maximum absolute atomic E-state index is 11.6. The molecule has 0 saturated heterocycles. The highest BCUT2D eigenvalue weighted by molar-refractivity contribution is 7.89. The molecular weight excluding hydrogens is 230 g/mol. The molecule has 2 atom stereocenters. The first-order valence-electron chi connectivity index (χ1n) is 5.58. The van der Waals surface area contributed by atoms with Crippen LogP contribution in [0, 0.1) is 11.8 Å². The van der Waals surface area contributed by atoms with E-state index >= 15 is 0 Å². The molecule has 0 aliphatic heterocycles. The van der Waals surface area contributed by atoms with Crippen molar-refractivity contribution < 1.29 is 18.3 Å². The fraction of sp³-hybridized carbons (Fsp3) is 0.900. The highest BCUT2D eigenvalue weighted by Gasteiger charge is 2.32. The third-order valence-electron chi connectivity index (χ3n) is 2.94. The lowest BCUT2D eigenvalue weighted by molar-refractivity contribution is -0.140. The molecule has 0 amide bonds. The van der Waals surface area contributed by atoms with Crippen LogP contribution in [0.15, 0.2) is 0 Å². The number of rotatable bonds is 7. The number of hydrogen-bond acceptors (Lipinski definition) is 3. The number of carboxylic acids is 1. The summed E-state index contributed by atoms with van der Waals surface area (Å²) in [5.41, 5.74) is 0. The molecule has 1 fully saturated rings. The summed E-state index contributed by atoms with van der Waals surface area (Å²) in [7, 11) is -3.45. The van der Waals surface area contributed by atoms with E-state index in [0.29, 0.717) is 6.42 Å². The van der Waals surface area contributed by atoms with Gasteiger partial charge in [-0.25, -0.2) is 13.1 Å². The molecule has 1 aliphatic rings. The second-order valence-electron chi connectivity index (χ2n) is 4.54. The van der Waals surface area contributed by atoms with Gasteiger partial charge in [-0.05, 0) is 24.7 Å². The van der Waals surface area contributed by atoms with Crippen LogP contribution >= 0.6 is 0 Å². The first kappa shape index (κ1) is 13.4. The molecule has 0 aromatic heterocycles. The Hall–Kier alpha value is -0.620. The Balaban J connectivity index is 2.62. The van der Waals surface area contributed by atoms with Crippen molar-refractivity contribution in [3.05, 3.63) is 0 Å². The molecule has 5 nitrogen and oxygen atoms in total. The predicted molar refractivity (Wildman–Crippen MR) is 60.5 cm³/mol. The Kier molecular flexibility index (Phi) is 4.32. The summed E-state index contributed by atoms with van der Waals surface area (Å²) in [5.74, 6) is -1.02. The minimum absolute atomic E-state index is 0.0627. The molecule has 1 unspecified atom stereocenters. The predicted octanol–water partition coefficient (Wildman–Crippen LogP) is 0.815. The smallest absolute Gasteiger partial charge is 0.322 e.